The molecule has 0 saturated heterocycles. The van der Waals surface area contributed by atoms with Gasteiger partial charge >= 0.3 is 0 Å². The lowest BCUT2D eigenvalue weighted by molar-refractivity contribution is 1.01. The molecule has 0 spiro atoms. The van der Waals surface area contributed by atoms with Crippen molar-refractivity contribution in [1.82, 2.24) is 0 Å². The highest BCUT2D eigenvalue weighted by Gasteiger charge is 2.10. The minimum atomic E-state index is 1.02. The third-order valence-electron chi connectivity index (χ3n) is 5.81. The molecule has 0 nitrogen and oxygen atoms in total. The van der Waals surface area contributed by atoms with Crippen molar-refractivity contribution in [3.63, 3.8) is 0 Å². The molecule has 0 atom stereocenters. The second-order valence-corrected chi connectivity index (χ2v) is 7.53. The summed E-state index contributed by atoms with van der Waals surface area (Å²) in [5, 5.41) is 0. The van der Waals surface area contributed by atoms with E-state index >= 15 is 0 Å². The summed E-state index contributed by atoms with van der Waals surface area (Å²) < 4.78 is 0. The van der Waals surface area contributed by atoms with Crippen LogP contribution in [0.2, 0.25) is 0 Å². The van der Waals surface area contributed by atoms with Crippen LogP contribution in [0.5, 0.6) is 0 Å². The molecule has 0 bridgehead atoms. The van der Waals surface area contributed by atoms with Gasteiger partial charge in [0.1, 0.15) is 0 Å². The maximum absolute atomic E-state index is 2.36. The molecular weight excluding hydrogens is 324 g/mol. The average molecular weight is 357 g/mol. The summed E-state index contributed by atoms with van der Waals surface area (Å²) in [5.74, 6) is 0. The Labute approximate surface area is 165 Å². The van der Waals surface area contributed by atoms with Gasteiger partial charge in [-0.1, -0.05) is 81.4 Å². The summed E-state index contributed by atoms with van der Waals surface area (Å²) >= 11 is 0. The van der Waals surface area contributed by atoms with E-state index in [1.165, 1.54) is 44.5 Å². The quantitative estimate of drug-likeness (QED) is 0.433. The van der Waals surface area contributed by atoms with Gasteiger partial charge < -0.3 is 0 Å². The van der Waals surface area contributed by atoms with Crippen LogP contribution < -0.4 is 0 Å². The second kappa shape index (κ2) is 9.04. The maximum atomic E-state index is 2.36. The Kier molecular flexibility index (Phi) is 6.50. The predicted molar refractivity (Wildman–Crippen MR) is 118 cm³/mol. The Bertz CT molecular complexity index is 867. The first-order valence-electron chi connectivity index (χ1n) is 10.4. The molecule has 3 aromatic rings. The van der Waals surface area contributed by atoms with Crippen molar-refractivity contribution in [1.29, 1.82) is 0 Å². The van der Waals surface area contributed by atoms with Crippen molar-refractivity contribution < 1.29 is 0 Å². The molecular formula is C27H32. The Hall–Kier alpha value is -2.34. The molecule has 0 heteroatoms. The Morgan fingerprint density at radius 3 is 1.33 bits per heavy atom. The molecule has 0 radical (unpaired) electrons. The molecule has 3 rings (SSSR count). The number of aryl methyl sites for hydroxylation is 2. The van der Waals surface area contributed by atoms with Gasteiger partial charge in [0.15, 0.2) is 0 Å². The fraction of sp³-hybridized carbons (Fsp3) is 0.333. The molecule has 0 N–H and O–H groups in total. The molecule has 0 aromatic heterocycles. The summed E-state index contributed by atoms with van der Waals surface area (Å²) in [6.07, 6.45) is 5.35. The molecule has 0 aliphatic carbocycles. The van der Waals surface area contributed by atoms with Crippen LogP contribution in [0, 0.1) is 6.92 Å². The highest BCUT2D eigenvalue weighted by Crippen LogP contribution is 2.24. The van der Waals surface area contributed by atoms with Gasteiger partial charge in [0.2, 0.25) is 0 Å². The van der Waals surface area contributed by atoms with E-state index < -0.39 is 0 Å². The topological polar surface area (TPSA) is 0 Å². The van der Waals surface area contributed by atoms with Gasteiger partial charge in [0.25, 0.3) is 0 Å². The van der Waals surface area contributed by atoms with Gasteiger partial charge in [0.05, 0.1) is 0 Å². The van der Waals surface area contributed by atoms with Crippen LogP contribution in [0.25, 0.3) is 0 Å². The SMILES string of the molecule is CCc1ccc(Cc2ccc(Cc3ccc(CC)cc3)c(CC)c2C)cc1. The van der Waals surface area contributed by atoms with Crippen molar-refractivity contribution in [2.45, 2.75) is 59.8 Å². The van der Waals surface area contributed by atoms with Crippen molar-refractivity contribution in [3.8, 4) is 0 Å². The number of rotatable bonds is 7. The number of benzene rings is 3. The summed E-state index contributed by atoms with van der Waals surface area (Å²) in [5.41, 5.74) is 11.6. The smallest absolute Gasteiger partial charge is 0.00229 e. The molecule has 3 aromatic carbocycles. The lowest BCUT2D eigenvalue weighted by atomic mass is 9.89. The first kappa shape index (κ1) is 19.4. The number of hydrogen-bond acceptors (Lipinski definition) is 0. The van der Waals surface area contributed by atoms with Crippen molar-refractivity contribution in [3.05, 3.63) is 105 Å². The highest BCUT2D eigenvalue weighted by atomic mass is 14.1. The molecule has 27 heavy (non-hydrogen) atoms. The van der Waals surface area contributed by atoms with Crippen LogP contribution in [0.4, 0.5) is 0 Å². The van der Waals surface area contributed by atoms with Crippen molar-refractivity contribution >= 4 is 0 Å². The fourth-order valence-electron chi connectivity index (χ4n) is 3.94. The Morgan fingerprint density at radius 2 is 0.889 bits per heavy atom. The molecule has 0 aliphatic rings. The summed E-state index contributed by atoms with van der Waals surface area (Å²) in [7, 11) is 0. The molecule has 0 heterocycles. The minimum Gasteiger partial charge on any atom is -0.0613 e. The van der Waals surface area contributed by atoms with Crippen LogP contribution in [0.1, 0.15) is 65.3 Å². The second-order valence-electron chi connectivity index (χ2n) is 7.53. The molecule has 0 unspecified atom stereocenters. The van der Waals surface area contributed by atoms with Gasteiger partial charge in [-0.3, -0.25) is 0 Å². The predicted octanol–water partition coefficient (Wildman–Crippen LogP) is 6.86. The Balaban J connectivity index is 1.83. The van der Waals surface area contributed by atoms with Gasteiger partial charge in [-0.05, 0) is 83.5 Å². The van der Waals surface area contributed by atoms with E-state index in [0.29, 0.717) is 0 Å². The van der Waals surface area contributed by atoms with Gasteiger partial charge in [-0.2, -0.15) is 0 Å². The van der Waals surface area contributed by atoms with Gasteiger partial charge in [-0.25, -0.2) is 0 Å². The van der Waals surface area contributed by atoms with Crippen LogP contribution in [-0.2, 0) is 32.1 Å². The maximum Gasteiger partial charge on any atom is -0.00229 e. The zero-order chi connectivity index (χ0) is 19.2. The lowest BCUT2D eigenvalue weighted by Crippen LogP contribution is -2.02. The Morgan fingerprint density at radius 1 is 0.481 bits per heavy atom. The van der Waals surface area contributed by atoms with Crippen LogP contribution in [-0.4, -0.2) is 0 Å². The summed E-state index contributed by atoms with van der Waals surface area (Å²) in [6, 6.07) is 22.9. The van der Waals surface area contributed by atoms with E-state index in [0.717, 1.165) is 32.1 Å². The molecule has 0 fully saturated rings. The monoisotopic (exact) mass is 356 g/mol. The van der Waals surface area contributed by atoms with E-state index in [2.05, 4.69) is 88.4 Å². The van der Waals surface area contributed by atoms with E-state index in [4.69, 9.17) is 0 Å². The fourth-order valence-corrected chi connectivity index (χ4v) is 3.94. The molecule has 140 valence electrons. The molecule has 0 saturated carbocycles. The third kappa shape index (κ3) is 4.69. The lowest BCUT2D eigenvalue weighted by Gasteiger charge is -2.16. The van der Waals surface area contributed by atoms with Crippen LogP contribution >= 0.6 is 0 Å². The van der Waals surface area contributed by atoms with E-state index in [-0.39, 0.29) is 0 Å². The molecule has 0 amide bonds. The first-order chi connectivity index (χ1) is 13.1. The van der Waals surface area contributed by atoms with Gasteiger partial charge in [-0.15, -0.1) is 0 Å². The zero-order valence-corrected chi connectivity index (χ0v) is 17.3. The highest BCUT2D eigenvalue weighted by molar-refractivity contribution is 5.44. The van der Waals surface area contributed by atoms with Crippen molar-refractivity contribution in [2.75, 3.05) is 0 Å². The van der Waals surface area contributed by atoms with E-state index in [9.17, 15) is 0 Å². The summed E-state index contributed by atoms with van der Waals surface area (Å²) in [6.45, 7) is 9.01. The normalized spacial score (nSPS) is 11.0. The summed E-state index contributed by atoms with van der Waals surface area (Å²) in [4.78, 5) is 0. The standard InChI is InChI=1S/C27H32/c1-5-21-8-12-23(13-9-21)18-25-16-17-26(27(7-3)20(25)4)19-24-14-10-22(6-2)11-15-24/h8-17H,5-7,18-19H2,1-4H3. The molecule has 0 aliphatic heterocycles. The zero-order valence-electron chi connectivity index (χ0n) is 17.3. The minimum absolute atomic E-state index is 1.02. The number of hydrogen-bond donors (Lipinski definition) is 0. The largest absolute Gasteiger partial charge is 0.0613 e. The van der Waals surface area contributed by atoms with Crippen LogP contribution in [0.3, 0.4) is 0 Å². The third-order valence-corrected chi connectivity index (χ3v) is 5.81. The first-order valence-corrected chi connectivity index (χ1v) is 10.4. The van der Waals surface area contributed by atoms with E-state index in [1.807, 2.05) is 0 Å². The van der Waals surface area contributed by atoms with E-state index in [1.54, 1.807) is 0 Å². The average Bonchev–Trinajstić information content (AvgIpc) is 2.71. The van der Waals surface area contributed by atoms with Gasteiger partial charge in [0, 0.05) is 0 Å². The van der Waals surface area contributed by atoms with Crippen molar-refractivity contribution in [2.24, 2.45) is 0 Å². The van der Waals surface area contributed by atoms with Crippen LogP contribution in [0.15, 0.2) is 60.7 Å².